The van der Waals surface area contributed by atoms with E-state index in [0.29, 0.717) is 0 Å². The lowest BCUT2D eigenvalue weighted by atomic mass is 9.77. The number of esters is 1. The van der Waals surface area contributed by atoms with Crippen LogP contribution in [0.25, 0.3) is 0 Å². The number of hydrogen-bond donors (Lipinski definition) is 5. The lowest BCUT2D eigenvalue weighted by Gasteiger charge is -2.42. The maximum Gasteiger partial charge on any atom is 0.328 e. The highest BCUT2D eigenvalue weighted by atomic mass is 32.1. The second-order valence-electron chi connectivity index (χ2n) is 7.65. The zero-order chi connectivity index (χ0) is 21.8. The lowest BCUT2D eigenvalue weighted by Crippen LogP contribution is -2.64. The molecule has 10 heteroatoms. The maximum absolute atomic E-state index is 12.7. The molecular weight excluding hydrogens is 400 g/mol. The molecule has 0 aromatic carbocycles. The second-order valence-corrected chi connectivity index (χ2v) is 8.68. The zero-order valence-electron chi connectivity index (χ0n) is 16.6. The van der Waals surface area contributed by atoms with Gasteiger partial charge in [0, 0.05) is 17.7 Å². The van der Waals surface area contributed by atoms with Crippen molar-refractivity contribution >= 4 is 29.1 Å². The van der Waals surface area contributed by atoms with Crippen LogP contribution >= 0.6 is 11.3 Å². The number of aliphatic hydroxyl groups excluding tert-OH is 2. The molecule has 2 amide bonds. The number of carbonyl (C=O) groups is 3. The molecule has 1 aliphatic carbocycles. The van der Waals surface area contributed by atoms with Gasteiger partial charge in [-0.1, -0.05) is 19.9 Å². The molecular formula is C19H28N2O7S. The normalized spacial score (nSPS) is 27.9. The molecule has 162 valence electrons. The van der Waals surface area contributed by atoms with E-state index in [2.05, 4.69) is 15.4 Å². The molecule has 0 saturated heterocycles. The average Bonchev–Trinajstić information content (AvgIpc) is 3.15. The van der Waals surface area contributed by atoms with Crippen LogP contribution in [0, 0.1) is 5.92 Å². The van der Waals surface area contributed by atoms with Crippen molar-refractivity contribution in [1.29, 1.82) is 0 Å². The zero-order valence-corrected chi connectivity index (χ0v) is 17.4. The Bertz CT molecular complexity index is 724. The summed E-state index contributed by atoms with van der Waals surface area (Å²) in [6.45, 7) is 3.41. The highest BCUT2D eigenvalue weighted by Crippen LogP contribution is 2.30. The van der Waals surface area contributed by atoms with Crippen LogP contribution < -0.4 is 10.6 Å². The third-order valence-corrected chi connectivity index (χ3v) is 5.88. The minimum absolute atomic E-state index is 0.0827. The molecule has 0 aliphatic heterocycles. The van der Waals surface area contributed by atoms with Gasteiger partial charge in [0.2, 0.25) is 5.91 Å². The predicted molar refractivity (Wildman–Crippen MR) is 105 cm³/mol. The molecule has 1 heterocycles. The summed E-state index contributed by atoms with van der Waals surface area (Å²) in [6, 6.07) is 1.59. The third-order valence-electron chi connectivity index (χ3n) is 5.00. The number of methoxy groups -OCH3 is 1. The molecule has 2 rings (SSSR count). The molecule has 5 N–H and O–H groups in total. The quantitative estimate of drug-likeness (QED) is 0.362. The topological polar surface area (TPSA) is 145 Å². The molecule has 0 bridgehead atoms. The van der Waals surface area contributed by atoms with E-state index in [9.17, 15) is 29.7 Å². The minimum atomic E-state index is -2.07. The van der Waals surface area contributed by atoms with Crippen molar-refractivity contribution in [3.05, 3.63) is 22.4 Å². The Morgan fingerprint density at radius 3 is 2.55 bits per heavy atom. The van der Waals surface area contributed by atoms with Crippen molar-refractivity contribution in [2.45, 2.75) is 63.0 Å². The Morgan fingerprint density at radius 2 is 2.00 bits per heavy atom. The molecule has 29 heavy (non-hydrogen) atoms. The monoisotopic (exact) mass is 428 g/mol. The maximum atomic E-state index is 12.7. The van der Waals surface area contributed by atoms with Crippen LogP contribution in [0.3, 0.4) is 0 Å². The molecule has 5 atom stereocenters. The van der Waals surface area contributed by atoms with E-state index >= 15 is 0 Å². The van der Waals surface area contributed by atoms with E-state index in [1.807, 2.05) is 11.4 Å². The highest BCUT2D eigenvalue weighted by molar-refractivity contribution is 7.10. The molecule has 0 radical (unpaired) electrons. The lowest BCUT2D eigenvalue weighted by molar-refractivity contribution is -0.162. The summed E-state index contributed by atoms with van der Waals surface area (Å²) in [5.41, 5.74) is -2.07. The van der Waals surface area contributed by atoms with Crippen molar-refractivity contribution in [3.8, 4) is 0 Å². The number of carbonyl (C=O) groups excluding carboxylic acids is 3. The van der Waals surface area contributed by atoms with E-state index in [1.54, 1.807) is 19.9 Å². The number of ether oxygens (including phenoxy) is 1. The van der Waals surface area contributed by atoms with Gasteiger partial charge in [0.25, 0.3) is 5.91 Å². The van der Waals surface area contributed by atoms with E-state index in [4.69, 9.17) is 0 Å². The number of amides is 2. The van der Waals surface area contributed by atoms with Crippen molar-refractivity contribution in [2.24, 2.45) is 5.92 Å². The van der Waals surface area contributed by atoms with Gasteiger partial charge in [-0.2, -0.15) is 0 Å². The SMILES string of the molecule is COC(=O)C(NC(=O)C1(O)CC(O)C(O)C(NC(=O)Cc2cccs2)C1)C(C)C. The molecule has 1 aliphatic rings. The van der Waals surface area contributed by atoms with Gasteiger partial charge in [-0.05, 0) is 17.4 Å². The van der Waals surface area contributed by atoms with Crippen LogP contribution in [0.1, 0.15) is 31.6 Å². The molecule has 0 spiro atoms. The Balaban J connectivity index is 2.09. The van der Waals surface area contributed by atoms with E-state index in [-0.39, 0.29) is 18.8 Å². The van der Waals surface area contributed by atoms with Gasteiger partial charge in [-0.25, -0.2) is 4.79 Å². The van der Waals surface area contributed by atoms with Gasteiger partial charge in [0.15, 0.2) is 0 Å². The summed E-state index contributed by atoms with van der Waals surface area (Å²) in [5.74, 6) is -2.22. The highest BCUT2D eigenvalue weighted by Gasteiger charge is 2.50. The summed E-state index contributed by atoms with van der Waals surface area (Å²) in [4.78, 5) is 37.7. The summed E-state index contributed by atoms with van der Waals surface area (Å²) < 4.78 is 4.68. The van der Waals surface area contributed by atoms with E-state index < -0.39 is 54.1 Å². The first-order chi connectivity index (χ1) is 13.6. The van der Waals surface area contributed by atoms with Crippen LogP contribution in [0.2, 0.25) is 0 Å². The standard InChI is InChI=1S/C19H28N2O7S/c1-10(2)15(17(25)28-3)21-18(26)19(27)8-12(16(24)13(22)9-19)20-14(23)7-11-5-4-6-29-11/h4-6,10,12-13,15-16,22,24,27H,7-9H2,1-3H3,(H,20,23)(H,21,26). The van der Waals surface area contributed by atoms with Gasteiger partial charge >= 0.3 is 5.97 Å². The van der Waals surface area contributed by atoms with Gasteiger partial charge in [0.1, 0.15) is 17.7 Å². The van der Waals surface area contributed by atoms with Gasteiger partial charge in [0.05, 0.1) is 25.7 Å². The van der Waals surface area contributed by atoms with Crippen molar-refractivity contribution in [3.63, 3.8) is 0 Å². The molecule has 1 fully saturated rings. The number of aliphatic hydroxyl groups is 3. The summed E-state index contributed by atoms with van der Waals surface area (Å²) in [7, 11) is 1.19. The fraction of sp³-hybridized carbons (Fsp3) is 0.632. The van der Waals surface area contributed by atoms with E-state index in [0.717, 1.165) is 4.88 Å². The van der Waals surface area contributed by atoms with E-state index in [1.165, 1.54) is 18.4 Å². The van der Waals surface area contributed by atoms with Crippen LogP contribution in [-0.2, 0) is 25.5 Å². The smallest absolute Gasteiger partial charge is 0.328 e. The van der Waals surface area contributed by atoms with Gasteiger partial charge < -0.3 is 30.7 Å². The van der Waals surface area contributed by atoms with Crippen LogP contribution in [0.15, 0.2) is 17.5 Å². The molecule has 1 aromatic heterocycles. The fourth-order valence-corrected chi connectivity index (χ4v) is 4.06. The Kier molecular flexibility index (Phi) is 7.75. The van der Waals surface area contributed by atoms with Crippen molar-refractivity contribution in [1.82, 2.24) is 10.6 Å². The van der Waals surface area contributed by atoms with Gasteiger partial charge in [-0.15, -0.1) is 11.3 Å². The summed E-state index contributed by atoms with van der Waals surface area (Å²) >= 11 is 1.40. The Hall–Kier alpha value is -2.01. The van der Waals surface area contributed by atoms with Crippen LogP contribution in [-0.4, -0.2) is 70.1 Å². The number of nitrogens with one attached hydrogen (secondary N) is 2. The first-order valence-electron chi connectivity index (χ1n) is 9.36. The minimum Gasteiger partial charge on any atom is -0.467 e. The number of rotatable bonds is 7. The van der Waals surface area contributed by atoms with Crippen LogP contribution in [0.5, 0.6) is 0 Å². The van der Waals surface area contributed by atoms with Crippen molar-refractivity contribution in [2.75, 3.05) is 7.11 Å². The van der Waals surface area contributed by atoms with Gasteiger partial charge in [-0.3, -0.25) is 9.59 Å². The molecule has 1 saturated carbocycles. The molecule has 1 aromatic rings. The third kappa shape index (κ3) is 5.75. The first kappa shape index (κ1) is 23.3. The largest absolute Gasteiger partial charge is 0.467 e. The Labute approximate surface area is 173 Å². The predicted octanol–water partition coefficient (Wildman–Crippen LogP) is -0.664. The first-order valence-corrected chi connectivity index (χ1v) is 10.2. The summed E-state index contributed by atoms with van der Waals surface area (Å²) in [6.07, 6.45) is -3.42. The molecule has 9 nitrogen and oxygen atoms in total. The second kappa shape index (κ2) is 9.66. The van der Waals surface area contributed by atoms with Crippen molar-refractivity contribution < 1.29 is 34.4 Å². The fourth-order valence-electron chi connectivity index (χ4n) is 3.35. The summed E-state index contributed by atoms with van der Waals surface area (Å²) in [5, 5.41) is 38.2. The number of hydrogen-bond acceptors (Lipinski definition) is 8. The average molecular weight is 429 g/mol. The molecule has 5 unspecified atom stereocenters. The van der Waals surface area contributed by atoms with Crippen LogP contribution in [0.4, 0.5) is 0 Å². The number of thiophene rings is 1. The Morgan fingerprint density at radius 1 is 1.31 bits per heavy atom.